The van der Waals surface area contributed by atoms with Crippen molar-refractivity contribution in [2.75, 3.05) is 17.1 Å². The van der Waals surface area contributed by atoms with Gasteiger partial charge in [-0.1, -0.05) is 90.3 Å². The monoisotopic (exact) mass is 623 g/mol. The van der Waals surface area contributed by atoms with Crippen LogP contribution in [0.25, 0.3) is 0 Å². The Morgan fingerprint density at radius 3 is 2.15 bits per heavy atom. The van der Waals surface area contributed by atoms with Crippen LogP contribution in [-0.4, -0.2) is 50.0 Å². The summed E-state index contributed by atoms with van der Waals surface area (Å²) in [4.78, 5) is 29.1. The van der Waals surface area contributed by atoms with Crippen LogP contribution in [0.2, 0.25) is 15.1 Å². The van der Waals surface area contributed by atoms with E-state index in [9.17, 15) is 18.0 Å². The molecule has 0 radical (unpaired) electrons. The highest BCUT2D eigenvalue weighted by Gasteiger charge is 2.33. The van der Waals surface area contributed by atoms with Crippen LogP contribution < -0.4 is 9.62 Å². The van der Waals surface area contributed by atoms with Crippen molar-refractivity contribution in [1.29, 1.82) is 0 Å². The molecule has 0 aliphatic carbocycles. The number of hydrogen-bond donors (Lipinski definition) is 1. The maximum atomic E-state index is 14.1. The average Bonchev–Trinajstić information content (AvgIpc) is 2.91. The molecule has 2 amide bonds. The van der Waals surface area contributed by atoms with Crippen molar-refractivity contribution in [3.8, 4) is 0 Å². The summed E-state index contributed by atoms with van der Waals surface area (Å²) in [6, 6.07) is 19.6. The first-order valence-electron chi connectivity index (χ1n) is 12.7. The highest BCUT2D eigenvalue weighted by Crippen LogP contribution is 2.29. The molecule has 2 atom stereocenters. The summed E-state index contributed by atoms with van der Waals surface area (Å²) in [5, 5.41) is 3.79. The van der Waals surface area contributed by atoms with Crippen LogP contribution in [0, 0.1) is 0 Å². The van der Waals surface area contributed by atoms with Gasteiger partial charge in [0.1, 0.15) is 12.6 Å². The second-order valence-electron chi connectivity index (χ2n) is 9.50. The number of halogens is 3. The Hall–Kier alpha value is -2.78. The van der Waals surface area contributed by atoms with Crippen molar-refractivity contribution >= 4 is 62.3 Å². The predicted octanol–water partition coefficient (Wildman–Crippen LogP) is 5.97. The average molecular weight is 625 g/mol. The topological polar surface area (TPSA) is 86.8 Å². The van der Waals surface area contributed by atoms with Crippen LogP contribution >= 0.6 is 34.8 Å². The van der Waals surface area contributed by atoms with E-state index in [1.54, 1.807) is 24.3 Å². The Morgan fingerprint density at radius 2 is 1.55 bits per heavy atom. The number of carbonyl (C=O) groups excluding carboxylic acids is 2. The molecule has 0 unspecified atom stereocenters. The second-order valence-corrected chi connectivity index (χ2v) is 12.6. The number of rotatable bonds is 12. The van der Waals surface area contributed by atoms with E-state index in [0.29, 0.717) is 17.0 Å². The van der Waals surface area contributed by atoms with Crippen LogP contribution in [0.5, 0.6) is 0 Å². The fraction of sp³-hybridized carbons (Fsp3) is 0.310. The molecule has 0 aliphatic heterocycles. The molecule has 0 bridgehead atoms. The zero-order valence-corrected chi connectivity index (χ0v) is 25.6. The lowest BCUT2D eigenvalue weighted by Gasteiger charge is -2.34. The number of carbonyl (C=O) groups is 2. The van der Waals surface area contributed by atoms with E-state index in [1.807, 2.05) is 44.2 Å². The summed E-state index contributed by atoms with van der Waals surface area (Å²) in [6.45, 7) is 3.25. The number of nitrogens with one attached hydrogen (secondary N) is 1. The zero-order valence-electron chi connectivity index (χ0n) is 22.5. The van der Waals surface area contributed by atoms with E-state index in [0.717, 1.165) is 16.1 Å². The number of sulfonamides is 1. The van der Waals surface area contributed by atoms with Gasteiger partial charge in [0.05, 0.1) is 22.0 Å². The summed E-state index contributed by atoms with van der Waals surface area (Å²) in [7, 11) is -3.93. The van der Waals surface area contributed by atoms with Crippen molar-refractivity contribution in [3.05, 3.63) is 99.0 Å². The number of nitrogens with zero attached hydrogens (tertiary/aromatic N) is 2. The predicted molar refractivity (Wildman–Crippen MR) is 162 cm³/mol. The summed E-state index contributed by atoms with van der Waals surface area (Å²) in [6.07, 6.45) is 1.91. The van der Waals surface area contributed by atoms with Crippen LogP contribution in [-0.2, 0) is 32.6 Å². The van der Waals surface area contributed by atoms with Gasteiger partial charge in [-0.15, -0.1) is 0 Å². The molecule has 1 N–H and O–H groups in total. The number of benzene rings is 3. The molecule has 0 spiro atoms. The maximum Gasteiger partial charge on any atom is 0.244 e. The number of anilines is 1. The first kappa shape index (κ1) is 31.7. The summed E-state index contributed by atoms with van der Waals surface area (Å²) < 4.78 is 26.7. The van der Waals surface area contributed by atoms with Gasteiger partial charge in [-0.25, -0.2) is 8.42 Å². The third kappa shape index (κ3) is 8.61. The SMILES string of the molecule is CC[C@H](C)NC(=O)[C@H](Cc1ccccc1)N(Cc1ccccc1Cl)C(=O)CN(c1ccc(Cl)c(Cl)c1)S(C)(=O)=O. The second kappa shape index (κ2) is 14.2. The first-order chi connectivity index (χ1) is 18.9. The van der Waals surface area contributed by atoms with E-state index < -0.39 is 28.5 Å². The van der Waals surface area contributed by atoms with Gasteiger partial charge in [-0.3, -0.25) is 13.9 Å². The van der Waals surface area contributed by atoms with Gasteiger partial charge in [-0.05, 0) is 48.7 Å². The summed E-state index contributed by atoms with van der Waals surface area (Å²) >= 11 is 18.7. The Balaban J connectivity index is 2.08. The van der Waals surface area contributed by atoms with Gasteiger partial charge >= 0.3 is 0 Å². The van der Waals surface area contributed by atoms with E-state index in [1.165, 1.54) is 23.1 Å². The molecule has 3 aromatic carbocycles. The molecule has 0 aromatic heterocycles. The minimum Gasteiger partial charge on any atom is -0.352 e. The molecular weight excluding hydrogens is 593 g/mol. The molecular formula is C29H32Cl3N3O4S. The standard InChI is InChI=1S/C29H32Cl3N3O4S/c1-4-20(2)33-29(37)27(16-21-10-6-5-7-11-21)34(18-22-12-8-9-13-24(22)30)28(36)19-35(40(3,38)39)23-14-15-25(31)26(32)17-23/h5-15,17,20,27H,4,16,18-19H2,1-3H3,(H,33,37)/t20-,27-/m0/s1. The zero-order chi connectivity index (χ0) is 29.4. The van der Waals surface area contributed by atoms with Crippen LogP contribution in [0.15, 0.2) is 72.8 Å². The molecule has 0 saturated carbocycles. The van der Waals surface area contributed by atoms with Gasteiger partial charge < -0.3 is 10.2 Å². The molecule has 0 saturated heterocycles. The molecule has 40 heavy (non-hydrogen) atoms. The highest BCUT2D eigenvalue weighted by atomic mass is 35.5. The minimum atomic E-state index is -3.93. The molecule has 7 nitrogen and oxygen atoms in total. The van der Waals surface area contributed by atoms with Crippen molar-refractivity contribution in [3.63, 3.8) is 0 Å². The molecule has 11 heteroatoms. The van der Waals surface area contributed by atoms with Gasteiger partial charge in [0.25, 0.3) is 0 Å². The highest BCUT2D eigenvalue weighted by molar-refractivity contribution is 7.92. The van der Waals surface area contributed by atoms with E-state index in [2.05, 4.69) is 5.32 Å². The van der Waals surface area contributed by atoms with Gasteiger partial charge in [0.2, 0.25) is 21.8 Å². The molecule has 0 heterocycles. The van der Waals surface area contributed by atoms with E-state index >= 15 is 0 Å². The maximum absolute atomic E-state index is 14.1. The Bertz CT molecular complexity index is 1440. The lowest BCUT2D eigenvalue weighted by molar-refractivity contribution is -0.140. The fourth-order valence-electron chi connectivity index (χ4n) is 4.06. The van der Waals surface area contributed by atoms with E-state index in [-0.39, 0.29) is 40.6 Å². The fourth-order valence-corrected chi connectivity index (χ4v) is 5.39. The third-order valence-corrected chi connectivity index (χ3v) is 8.69. The quantitative estimate of drug-likeness (QED) is 0.269. The Kier molecular flexibility index (Phi) is 11.3. The molecule has 3 aromatic rings. The van der Waals surface area contributed by atoms with Crippen LogP contribution in [0.3, 0.4) is 0 Å². The van der Waals surface area contributed by atoms with Crippen molar-refractivity contribution < 1.29 is 18.0 Å². The van der Waals surface area contributed by atoms with Crippen LogP contribution in [0.1, 0.15) is 31.4 Å². The smallest absolute Gasteiger partial charge is 0.244 e. The van der Waals surface area contributed by atoms with Gasteiger partial charge in [0, 0.05) is 24.0 Å². The van der Waals surface area contributed by atoms with Crippen molar-refractivity contribution in [2.24, 2.45) is 0 Å². The normalized spacial score (nSPS) is 12.8. The summed E-state index contributed by atoms with van der Waals surface area (Å²) in [5.74, 6) is -0.935. The van der Waals surface area contributed by atoms with Crippen LogP contribution in [0.4, 0.5) is 5.69 Å². The number of hydrogen-bond acceptors (Lipinski definition) is 4. The Labute approximate surface area is 251 Å². The molecule has 0 fully saturated rings. The lowest BCUT2D eigenvalue weighted by Crippen LogP contribution is -2.54. The Morgan fingerprint density at radius 1 is 0.900 bits per heavy atom. The molecule has 0 aliphatic rings. The van der Waals surface area contributed by atoms with Crippen molar-refractivity contribution in [2.45, 2.75) is 45.3 Å². The lowest BCUT2D eigenvalue weighted by atomic mass is 10.0. The number of amides is 2. The van der Waals surface area contributed by atoms with Crippen molar-refractivity contribution in [1.82, 2.24) is 10.2 Å². The largest absolute Gasteiger partial charge is 0.352 e. The summed E-state index contributed by atoms with van der Waals surface area (Å²) in [5.41, 5.74) is 1.63. The van der Waals surface area contributed by atoms with Gasteiger partial charge in [-0.2, -0.15) is 0 Å². The van der Waals surface area contributed by atoms with Gasteiger partial charge in [0.15, 0.2) is 0 Å². The minimum absolute atomic E-state index is 0.0110. The van der Waals surface area contributed by atoms with E-state index in [4.69, 9.17) is 34.8 Å². The first-order valence-corrected chi connectivity index (χ1v) is 15.7. The third-order valence-electron chi connectivity index (χ3n) is 6.44. The molecule has 214 valence electrons. The molecule has 3 rings (SSSR count).